The number of benzene rings is 2. The molecule has 1 unspecified atom stereocenters. The molecular weight excluding hydrogens is 465 g/mol. The van der Waals surface area contributed by atoms with Gasteiger partial charge in [-0.05, 0) is 61.2 Å². The average Bonchev–Trinajstić information content (AvgIpc) is 2.78. The quantitative estimate of drug-likeness (QED) is 0.337. The minimum absolute atomic E-state index is 0.175. The first kappa shape index (κ1) is 26.5. The first-order valence-electron chi connectivity index (χ1n) is 10.7. The highest BCUT2D eigenvalue weighted by molar-refractivity contribution is 6.42. The van der Waals surface area contributed by atoms with E-state index in [9.17, 15) is 9.59 Å². The number of nitrogens with zero attached hydrogens (tertiary/aromatic N) is 1. The van der Waals surface area contributed by atoms with Crippen LogP contribution in [0.5, 0.6) is 11.5 Å². The second kappa shape index (κ2) is 13.1. The predicted octanol–water partition coefficient (Wildman–Crippen LogP) is 5.09. The Balaban J connectivity index is 2.05. The largest absolute Gasteiger partial charge is 0.490 e. The highest BCUT2D eigenvalue weighted by atomic mass is 35.5. The maximum Gasteiger partial charge on any atom is 0.262 e. The van der Waals surface area contributed by atoms with Gasteiger partial charge >= 0.3 is 0 Å². The van der Waals surface area contributed by atoms with Gasteiger partial charge in [-0.3, -0.25) is 9.59 Å². The van der Waals surface area contributed by atoms with Crippen molar-refractivity contribution in [3.8, 4) is 11.5 Å². The Labute approximate surface area is 204 Å². The van der Waals surface area contributed by atoms with E-state index >= 15 is 0 Å². The van der Waals surface area contributed by atoms with E-state index in [0.29, 0.717) is 35.3 Å². The third-order valence-electron chi connectivity index (χ3n) is 4.54. The zero-order valence-electron chi connectivity index (χ0n) is 19.2. The van der Waals surface area contributed by atoms with Crippen molar-refractivity contribution in [1.29, 1.82) is 0 Å². The molecule has 0 saturated heterocycles. The molecule has 9 heteroatoms. The van der Waals surface area contributed by atoms with Crippen LogP contribution in [0, 0.1) is 5.92 Å². The Bertz CT molecular complexity index is 996. The van der Waals surface area contributed by atoms with Gasteiger partial charge in [-0.15, -0.1) is 0 Å². The molecule has 0 saturated carbocycles. The molecule has 0 aliphatic carbocycles. The van der Waals surface area contributed by atoms with Crippen molar-refractivity contribution >= 4 is 41.2 Å². The van der Waals surface area contributed by atoms with Crippen LogP contribution in [-0.4, -0.2) is 37.3 Å². The molecule has 7 nitrogen and oxygen atoms in total. The number of ether oxygens (including phenoxy) is 2. The number of hydrogen-bond donors (Lipinski definition) is 2. The SMILES string of the molecule is CCCOc1ccc(C=NNC(=O)C(NC(=O)c2ccc(Cl)c(Cl)c2)C(C)C)cc1OCC. The summed E-state index contributed by atoms with van der Waals surface area (Å²) >= 11 is 11.9. The fourth-order valence-electron chi connectivity index (χ4n) is 2.84. The van der Waals surface area contributed by atoms with Crippen LogP contribution < -0.4 is 20.2 Å². The standard InChI is InChI=1S/C24H29Cl2N3O4/c1-5-11-33-20-10-7-16(12-21(20)32-6-2)14-27-29-24(31)22(15(3)4)28-23(30)17-8-9-18(25)19(26)13-17/h7-10,12-15,22H,5-6,11H2,1-4H3,(H,28,30)(H,29,31). The molecule has 0 spiro atoms. The summed E-state index contributed by atoms with van der Waals surface area (Å²) in [6.07, 6.45) is 2.39. The summed E-state index contributed by atoms with van der Waals surface area (Å²) in [4.78, 5) is 25.2. The molecule has 0 fully saturated rings. The van der Waals surface area contributed by atoms with Crippen molar-refractivity contribution in [3.05, 3.63) is 57.6 Å². The van der Waals surface area contributed by atoms with Crippen molar-refractivity contribution < 1.29 is 19.1 Å². The number of carbonyl (C=O) groups is 2. The van der Waals surface area contributed by atoms with Crippen molar-refractivity contribution in [3.63, 3.8) is 0 Å². The average molecular weight is 494 g/mol. The van der Waals surface area contributed by atoms with Crippen molar-refractivity contribution in [2.75, 3.05) is 13.2 Å². The lowest BCUT2D eigenvalue weighted by Gasteiger charge is -2.20. The van der Waals surface area contributed by atoms with E-state index in [0.717, 1.165) is 12.0 Å². The molecule has 0 bridgehead atoms. The van der Waals surface area contributed by atoms with Gasteiger partial charge in [0.25, 0.3) is 11.8 Å². The molecule has 2 rings (SSSR count). The Morgan fingerprint density at radius 3 is 2.42 bits per heavy atom. The number of hydrazone groups is 1. The van der Waals surface area contributed by atoms with Crippen molar-refractivity contribution in [2.24, 2.45) is 11.0 Å². The van der Waals surface area contributed by atoms with Crippen LogP contribution in [0.25, 0.3) is 0 Å². The normalized spacial score (nSPS) is 12.0. The fraction of sp³-hybridized carbons (Fsp3) is 0.375. The van der Waals surface area contributed by atoms with E-state index in [-0.39, 0.29) is 10.9 Å². The number of hydrogen-bond acceptors (Lipinski definition) is 5. The van der Waals surface area contributed by atoms with Gasteiger partial charge < -0.3 is 14.8 Å². The van der Waals surface area contributed by atoms with Crippen LogP contribution in [-0.2, 0) is 4.79 Å². The van der Waals surface area contributed by atoms with Crippen LogP contribution >= 0.6 is 23.2 Å². The highest BCUT2D eigenvalue weighted by Gasteiger charge is 2.24. The van der Waals surface area contributed by atoms with Gasteiger partial charge in [-0.25, -0.2) is 5.43 Å². The second-order valence-electron chi connectivity index (χ2n) is 7.55. The van der Waals surface area contributed by atoms with E-state index < -0.39 is 17.9 Å². The summed E-state index contributed by atoms with van der Waals surface area (Å²) in [5.74, 6) is 0.212. The monoisotopic (exact) mass is 493 g/mol. The first-order chi connectivity index (χ1) is 15.8. The van der Waals surface area contributed by atoms with Gasteiger partial charge in [0.1, 0.15) is 6.04 Å². The van der Waals surface area contributed by atoms with Crippen molar-refractivity contribution in [2.45, 2.75) is 40.2 Å². The topological polar surface area (TPSA) is 89.0 Å². The number of amides is 2. The van der Waals surface area contributed by atoms with E-state index in [2.05, 4.69) is 15.8 Å². The lowest BCUT2D eigenvalue weighted by Crippen LogP contribution is -2.48. The Morgan fingerprint density at radius 2 is 1.79 bits per heavy atom. The van der Waals surface area contributed by atoms with Gasteiger partial charge in [0.2, 0.25) is 0 Å². The van der Waals surface area contributed by atoms with E-state index in [1.54, 1.807) is 18.2 Å². The van der Waals surface area contributed by atoms with E-state index in [4.69, 9.17) is 32.7 Å². The van der Waals surface area contributed by atoms with Crippen LogP contribution in [0.1, 0.15) is 50.0 Å². The predicted molar refractivity (Wildman–Crippen MR) is 132 cm³/mol. The molecule has 178 valence electrons. The second-order valence-corrected chi connectivity index (χ2v) is 8.36. The Morgan fingerprint density at radius 1 is 1.03 bits per heavy atom. The minimum atomic E-state index is -0.798. The molecule has 1 atom stereocenters. The third kappa shape index (κ3) is 7.94. The van der Waals surface area contributed by atoms with Crippen molar-refractivity contribution in [1.82, 2.24) is 10.7 Å². The molecule has 0 heterocycles. The molecule has 0 aliphatic rings. The minimum Gasteiger partial charge on any atom is -0.490 e. The lowest BCUT2D eigenvalue weighted by atomic mass is 10.0. The van der Waals surface area contributed by atoms with Gasteiger partial charge in [0.05, 0.1) is 29.5 Å². The molecular formula is C24H29Cl2N3O4. The zero-order valence-corrected chi connectivity index (χ0v) is 20.7. The number of rotatable bonds is 11. The summed E-state index contributed by atoms with van der Waals surface area (Å²) in [6.45, 7) is 8.66. The molecule has 0 aromatic heterocycles. The third-order valence-corrected chi connectivity index (χ3v) is 5.27. The molecule has 0 aliphatic heterocycles. The summed E-state index contributed by atoms with van der Waals surface area (Å²) in [7, 11) is 0. The molecule has 0 radical (unpaired) electrons. The van der Waals surface area contributed by atoms with Gasteiger partial charge in [-0.2, -0.15) is 5.10 Å². The zero-order chi connectivity index (χ0) is 24.4. The number of nitrogens with one attached hydrogen (secondary N) is 2. The maximum absolute atomic E-state index is 12.7. The van der Waals surface area contributed by atoms with E-state index in [1.807, 2.05) is 33.8 Å². The Hall–Kier alpha value is -2.77. The molecule has 2 N–H and O–H groups in total. The van der Waals surface area contributed by atoms with Crippen LogP contribution in [0.4, 0.5) is 0 Å². The summed E-state index contributed by atoms with van der Waals surface area (Å²) in [6, 6.07) is 9.14. The summed E-state index contributed by atoms with van der Waals surface area (Å²) < 4.78 is 11.3. The lowest BCUT2D eigenvalue weighted by molar-refractivity contribution is -0.123. The van der Waals surface area contributed by atoms with Crippen LogP contribution in [0.3, 0.4) is 0 Å². The van der Waals surface area contributed by atoms with Crippen LogP contribution in [0.2, 0.25) is 10.0 Å². The molecule has 2 amide bonds. The number of halogens is 2. The maximum atomic E-state index is 12.7. The van der Waals surface area contributed by atoms with Gasteiger partial charge in [0.15, 0.2) is 11.5 Å². The van der Waals surface area contributed by atoms with E-state index in [1.165, 1.54) is 18.3 Å². The number of carbonyl (C=O) groups excluding carboxylic acids is 2. The molecule has 2 aromatic carbocycles. The Kier molecular flexibility index (Phi) is 10.5. The van der Waals surface area contributed by atoms with Crippen LogP contribution in [0.15, 0.2) is 41.5 Å². The molecule has 2 aromatic rings. The summed E-state index contributed by atoms with van der Waals surface area (Å²) in [5, 5.41) is 7.36. The first-order valence-corrected chi connectivity index (χ1v) is 11.5. The fourth-order valence-corrected chi connectivity index (χ4v) is 3.14. The smallest absolute Gasteiger partial charge is 0.262 e. The molecule has 33 heavy (non-hydrogen) atoms. The van der Waals surface area contributed by atoms with Gasteiger partial charge in [-0.1, -0.05) is 44.0 Å². The summed E-state index contributed by atoms with van der Waals surface area (Å²) in [5.41, 5.74) is 3.52. The highest BCUT2D eigenvalue weighted by Crippen LogP contribution is 2.28. The van der Waals surface area contributed by atoms with Gasteiger partial charge in [0, 0.05) is 5.56 Å².